The molecule has 1 aromatic heterocycles. The Morgan fingerprint density at radius 1 is 1.24 bits per heavy atom. The lowest BCUT2D eigenvalue weighted by atomic mass is 10.1. The molecule has 3 rings (SSSR count). The maximum absolute atomic E-state index is 11.4. The van der Waals surface area contributed by atoms with E-state index in [1.165, 1.54) is 0 Å². The number of fused-ring (bicyclic) bond motifs is 1. The minimum Gasteiger partial charge on any atom is -0.478 e. The van der Waals surface area contributed by atoms with Gasteiger partial charge in [-0.15, -0.1) is 0 Å². The van der Waals surface area contributed by atoms with E-state index in [9.17, 15) is 9.90 Å². The van der Waals surface area contributed by atoms with Gasteiger partial charge in [-0.2, -0.15) is 0 Å². The molecular weight excluding hydrogens is 288 g/mol. The third-order valence-corrected chi connectivity index (χ3v) is 3.69. The largest absolute Gasteiger partial charge is 0.478 e. The Kier molecular flexibility index (Phi) is 3.39. The fraction of sp³-hybridized carbons (Fsp3) is 0.125. The van der Waals surface area contributed by atoms with Crippen molar-refractivity contribution in [2.24, 2.45) is 0 Å². The molecule has 21 heavy (non-hydrogen) atoms. The van der Waals surface area contributed by atoms with E-state index in [4.69, 9.17) is 11.6 Å². The molecule has 2 aromatic carbocycles. The summed E-state index contributed by atoms with van der Waals surface area (Å²) in [6.07, 6.45) is 0. The van der Waals surface area contributed by atoms with E-state index in [1.54, 1.807) is 12.1 Å². The molecule has 106 valence electrons. The second-order valence-electron chi connectivity index (χ2n) is 4.85. The Morgan fingerprint density at radius 2 is 1.95 bits per heavy atom. The standard InChI is InChI=1S/C16H13ClN2O2/c1-10-18-14-4-2-3-13(16(20)21)15(14)19(10)9-11-5-7-12(17)8-6-11/h2-8H,9H2,1H3,(H,20,21). The number of carboxylic acid groups (broad SMARTS) is 1. The summed E-state index contributed by atoms with van der Waals surface area (Å²) in [6.45, 7) is 2.44. The van der Waals surface area contributed by atoms with Crippen LogP contribution in [0.15, 0.2) is 42.5 Å². The van der Waals surface area contributed by atoms with Gasteiger partial charge in [0, 0.05) is 11.6 Å². The van der Waals surface area contributed by atoms with E-state index in [2.05, 4.69) is 4.98 Å². The molecule has 0 fully saturated rings. The molecule has 3 aromatic rings. The number of carbonyl (C=O) groups is 1. The lowest BCUT2D eigenvalue weighted by molar-refractivity contribution is 0.0698. The quantitative estimate of drug-likeness (QED) is 0.801. The van der Waals surface area contributed by atoms with Gasteiger partial charge in [0.2, 0.25) is 0 Å². The molecular formula is C16H13ClN2O2. The maximum Gasteiger partial charge on any atom is 0.337 e. The molecule has 0 radical (unpaired) electrons. The number of aromatic carboxylic acids is 1. The fourth-order valence-corrected chi connectivity index (χ4v) is 2.57. The van der Waals surface area contributed by atoms with E-state index in [1.807, 2.05) is 41.8 Å². The highest BCUT2D eigenvalue weighted by Gasteiger charge is 2.15. The zero-order valence-electron chi connectivity index (χ0n) is 11.4. The SMILES string of the molecule is Cc1nc2cccc(C(=O)O)c2n1Cc1ccc(Cl)cc1. The average Bonchev–Trinajstić information content (AvgIpc) is 2.77. The molecule has 5 heteroatoms. The van der Waals surface area contributed by atoms with Crippen LogP contribution in [0.5, 0.6) is 0 Å². The van der Waals surface area contributed by atoms with Gasteiger partial charge in [-0.05, 0) is 36.8 Å². The van der Waals surface area contributed by atoms with Gasteiger partial charge < -0.3 is 9.67 Å². The Morgan fingerprint density at radius 3 is 2.62 bits per heavy atom. The zero-order chi connectivity index (χ0) is 15.0. The third-order valence-electron chi connectivity index (χ3n) is 3.44. The first-order valence-corrected chi connectivity index (χ1v) is 6.87. The smallest absolute Gasteiger partial charge is 0.337 e. The highest BCUT2D eigenvalue weighted by atomic mass is 35.5. The van der Waals surface area contributed by atoms with Crippen molar-refractivity contribution in [3.05, 3.63) is 64.4 Å². The van der Waals surface area contributed by atoms with Gasteiger partial charge in [-0.3, -0.25) is 0 Å². The first-order valence-electron chi connectivity index (χ1n) is 6.50. The molecule has 0 atom stereocenters. The van der Waals surface area contributed by atoms with Crippen molar-refractivity contribution in [1.82, 2.24) is 9.55 Å². The second-order valence-corrected chi connectivity index (χ2v) is 5.29. The second kappa shape index (κ2) is 5.22. The van der Waals surface area contributed by atoms with Crippen molar-refractivity contribution in [3.63, 3.8) is 0 Å². The van der Waals surface area contributed by atoms with E-state index in [0.29, 0.717) is 22.6 Å². The summed E-state index contributed by atoms with van der Waals surface area (Å²) in [5.41, 5.74) is 2.66. The number of aromatic nitrogens is 2. The molecule has 0 aliphatic rings. The summed E-state index contributed by atoms with van der Waals surface area (Å²) in [7, 11) is 0. The highest BCUT2D eigenvalue weighted by molar-refractivity contribution is 6.30. The van der Waals surface area contributed by atoms with Gasteiger partial charge in [0.15, 0.2) is 0 Å². The zero-order valence-corrected chi connectivity index (χ0v) is 12.1. The lowest BCUT2D eigenvalue weighted by Crippen LogP contribution is -2.06. The van der Waals surface area contributed by atoms with Gasteiger partial charge in [0.25, 0.3) is 0 Å². The molecule has 0 bridgehead atoms. The number of carboxylic acids is 1. The molecule has 1 heterocycles. The van der Waals surface area contributed by atoms with Crippen LogP contribution in [-0.4, -0.2) is 20.6 Å². The number of halogens is 1. The number of nitrogens with zero attached hydrogens (tertiary/aromatic N) is 2. The van der Waals surface area contributed by atoms with Crippen molar-refractivity contribution in [3.8, 4) is 0 Å². The Labute approximate surface area is 126 Å². The molecule has 0 spiro atoms. The Bertz CT molecular complexity index is 822. The van der Waals surface area contributed by atoms with Crippen molar-refractivity contribution in [2.45, 2.75) is 13.5 Å². The summed E-state index contributed by atoms with van der Waals surface area (Å²) in [4.78, 5) is 15.9. The number of rotatable bonds is 3. The van der Waals surface area contributed by atoms with Crippen LogP contribution in [0, 0.1) is 6.92 Å². The molecule has 0 aliphatic carbocycles. The first kappa shape index (κ1) is 13.6. The molecule has 0 saturated heterocycles. The van der Waals surface area contributed by atoms with E-state index in [0.717, 1.165) is 11.4 Å². The Hall–Kier alpha value is -2.33. The van der Waals surface area contributed by atoms with Crippen molar-refractivity contribution < 1.29 is 9.90 Å². The average molecular weight is 301 g/mol. The molecule has 0 aliphatic heterocycles. The summed E-state index contributed by atoms with van der Waals surface area (Å²) >= 11 is 5.89. The number of hydrogen-bond acceptors (Lipinski definition) is 2. The van der Waals surface area contributed by atoms with Gasteiger partial charge in [-0.25, -0.2) is 9.78 Å². The van der Waals surface area contributed by atoms with Crippen LogP contribution >= 0.6 is 11.6 Å². The first-order chi connectivity index (χ1) is 10.1. The van der Waals surface area contributed by atoms with Crippen molar-refractivity contribution >= 4 is 28.6 Å². The van der Waals surface area contributed by atoms with Gasteiger partial charge >= 0.3 is 5.97 Å². The molecule has 0 saturated carbocycles. The maximum atomic E-state index is 11.4. The predicted octanol–water partition coefficient (Wildman–Crippen LogP) is 3.74. The van der Waals surface area contributed by atoms with Crippen LogP contribution in [0.25, 0.3) is 11.0 Å². The van der Waals surface area contributed by atoms with Gasteiger partial charge in [0.05, 0.1) is 16.6 Å². The number of aryl methyl sites for hydroxylation is 1. The number of hydrogen-bond donors (Lipinski definition) is 1. The molecule has 4 nitrogen and oxygen atoms in total. The summed E-state index contributed by atoms with van der Waals surface area (Å²) in [5.74, 6) is -0.161. The summed E-state index contributed by atoms with van der Waals surface area (Å²) < 4.78 is 1.92. The van der Waals surface area contributed by atoms with Crippen molar-refractivity contribution in [1.29, 1.82) is 0 Å². The normalized spacial score (nSPS) is 11.0. The van der Waals surface area contributed by atoms with E-state index in [-0.39, 0.29) is 5.56 Å². The third kappa shape index (κ3) is 2.50. The molecule has 0 unspecified atom stereocenters. The monoisotopic (exact) mass is 300 g/mol. The van der Waals surface area contributed by atoms with Gasteiger partial charge in [-0.1, -0.05) is 29.8 Å². The lowest BCUT2D eigenvalue weighted by Gasteiger charge is -2.09. The molecule has 0 amide bonds. The molecule has 1 N–H and O–H groups in total. The topological polar surface area (TPSA) is 55.1 Å². The van der Waals surface area contributed by atoms with Crippen LogP contribution in [0.1, 0.15) is 21.7 Å². The predicted molar refractivity (Wildman–Crippen MR) is 82.0 cm³/mol. The summed E-state index contributed by atoms with van der Waals surface area (Å²) in [5, 5.41) is 10.0. The van der Waals surface area contributed by atoms with Crippen molar-refractivity contribution in [2.75, 3.05) is 0 Å². The Balaban J connectivity index is 2.15. The van der Waals surface area contributed by atoms with E-state index < -0.39 is 5.97 Å². The van der Waals surface area contributed by atoms with Crippen LogP contribution in [0.2, 0.25) is 5.02 Å². The van der Waals surface area contributed by atoms with Gasteiger partial charge in [0.1, 0.15) is 5.82 Å². The minimum absolute atomic E-state index is 0.266. The highest BCUT2D eigenvalue weighted by Crippen LogP contribution is 2.22. The van der Waals surface area contributed by atoms with Crippen LogP contribution in [0.3, 0.4) is 0 Å². The van der Waals surface area contributed by atoms with Crippen LogP contribution in [-0.2, 0) is 6.54 Å². The number of imidazole rings is 1. The van der Waals surface area contributed by atoms with Crippen LogP contribution in [0.4, 0.5) is 0 Å². The number of benzene rings is 2. The number of para-hydroxylation sites is 1. The fourth-order valence-electron chi connectivity index (χ4n) is 2.44. The van der Waals surface area contributed by atoms with Crippen LogP contribution < -0.4 is 0 Å². The summed E-state index contributed by atoms with van der Waals surface area (Å²) in [6, 6.07) is 12.6. The van der Waals surface area contributed by atoms with E-state index >= 15 is 0 Å². The minimum atomic E-state index is -0.946.